The third kappa shape index (κ3) is 3.93. The zero-order chi connectivity index (χ0) is 18.9. The number of carbonyl (C=O) groups is 2. The zero-order valence-corrected chi connectivity index (χ0v) is 14.0. The molecular formula is C14H4Cl3NO7-2. The van der Waals surface area contributed by atoms with Crippen LogP contribution < -0.4 is 14.9 Å². The molecule has 0 saturated carbocycles. The van der Waals surface area contributed by atoms with Crippen molar-refractivity contribution in [3.8, 4) is 11.5 Å². The summed E-state index contributed by atoms with van der Waals surface area (Å²) < 4.78 is 5.25. The van der Waals surface area contributed by atoms with Crippen LogP contribution in [0.4, 0.5) is 5.69 Å². The zero-order valence-electron chi connectivity index (χ0n) is 11.7. The first-order valence-electron chi connectivity index (χ1n) is 6.19. The van der Waals surface area contributed by atoms with E-state index < -0.39 is 39.4 Å². The fourth-order valence-corrected chi connectivity index (χ4v) is 2.40. The third-order valence-electron chi connectivity index (χ3n) is 2.93. The van der Waals surface area contributed by atoms with Crippen LogP contribution in [0.15, 0.2) is 24.3 Å². The fourth-order valence-electron chi connectivity index (χ4n) is 1.83. The minimum atomic E-state index is -1.90. The lowest BCUT2D eigenvalue weighted by Gasteiger charge is -2.15. The second kappa shape index (κ2) is 7.14. The standard InChI is InChI=1S/C14H6Cl3NO7/c15-7-3-9(17)12(4-8(7)16)25-11-2-5(13(19)20)10(18(23)24)1-6(11)14(21)22/h1-4H,(H,19,20)(H,21,22)/p-2. The molecule has 0 aliphatic rings. The van der Waals surface area contributed by atoms with Crippen LogP contribution in [0.5, 0.6) is 11.5 Å². The normalized spacial score (nSPS) is 10.4. The Labute approximate surface area is 154 Å². The molecule has 0 N–H and O–H groups in total. The van der Waals surface area contributed by atoms with Gasteiger partial charge in [-0.1, -0.05) is 34.8 Å². The molecule has 8 nitrogen and oxygen atoms in total. The van der Waals surface area contributed by atoms with Gasteiger partial charge in [0.15, 0.2) is 0 Å². The van der Waals surface area contributed by atoms with Crippen molar-refractivity contribution in [2.75, 3.05) is 0 Å². The molecule has 0 aromatic heterocycles. The van der Waals surface area contributed by atoms with Gasteiger partial charge in [0, 0.05) is 17.7 Å². The monoisotopic (exact) mass is 403 g/mol. The molecular weight excluding hydrogens is 401 g/mol. The first-order valence-corrected chi connectivity index (χ1v) is 7.32. The van der Waals surface area contributed by atoms with Crippen LogP contribution in [0, 0.1) is 10.1 Å². The molecule has 0 aliphatic carbocycles. The van der Waals surface area contributed by atoms with E-state index in [0.717, 1.165) is 6.07 Å². The summed E-state index contributed by atoms with van der Waals surface area (Å²) in [5, 5.41) is 33.3. The van der Waals surface area contributed by atoms with Crippen LogP contribution in [0.1, 0.15) is 20.7 Å². The van der Waals surface area contributed by atoms with Gasteiger partial charge in [-0.3, -0.25) is 10.1 Å². The number of nitrogens with zero attached hydrogens (tertiary/aromatic N) is 1. The fraction of sp³-hybridized carbons (Fsp3) is 0. The summed E-state index contributed by atoms with van der Waals surface area (Å²) in [6, 6.07) is 3.48. The van der Waals surface area contributed by atoms with Crippen LogP contribution in [-0.4, -0.2) is 16.9 Å². The molecule has 0 heterocycles. The molecule has 0 bridgehead atoms. The van der Waals surface area contributed by atoms with E-state index in [1.54, 1.807) is 0 Å². The van der Waals surface area contributed by atoms with E-state index in [2.05, 4.69) is 0 Å². The van der Waals surface area contributed by atoms with Crippen molar-refractivity contribution in [1.82, 2.24) is 0 Å². The van der Waals surface area contributed by atoms with E-state index in [1.807, 2.05) is 0 Å². The van der Waals surface area contributed by atoms with Crippen molar-refractivity contribution in [2.45, 2.75) is 0 Å². The van der Waals surface area contributed by atoms with Crippen molar-refractivity contribution in [3.05, 3.63) is 60.6 Å². The molecule has 11 heteroatoms. The van der Waals surface area contributed by atoms with Gasteiger partial charge in [0.1, 0.15) is 11.5 Å². The number of carboxylic acid groups (broad SMARTS) is 2. The minimum absolute atomic E-state index is 0.0260. The molecule has 0 spiro atoms. The summed E-state index contributed by atoms with van der Waals surface area (Å²) >= 11 is 17.5. The maximum Gasteiger partial charge on any atom is 0.279 e. The summed E-state index contributed by atoms with van der Waals surface area (Å²) in [7, 11) is 0. The molecule has 2 aromatic carbocycles. The Morgan fingerprint density at radius 1 is 0.840 bits per heavy atom. The second-order valence-corrected chi connectivity index (χ2v) is 5.72. The van der Waals surface area contributed by atoms with Crippen molar-refractivity contribution in [1.29, 1.82) is 0 Å². The number of rotatable bonds is 5. The van der Waals surface area contributed by atoms with E-state index in [0.29, 0.717) is 12.1 Å². The topological polar surface area (TPSA) is 133 Å². The van der Waals surface area contributed by atoms with Gasteiger partial charge in [-0.15, -0.1) is 0 Å². The summed E-state index contributed by atoms with van der Waals surface area (Å²) in [4.78, 5) is 32.1. The van der Waals surface area contributed by atoms with Crippen LogP contribution >= 0.6 is 34.8 Å². The lowest BCUT2D eigenvalue weighted by Crippen LogP contribution is -2.26. The Morgan fingerprint density at radius 2 is 1.40 bits per heavy atom. The van der Waals surface area contributed by atoms with Crippen LogP contribution in [-0.2, 0) is 0 Å². The molecule has 0 aliphatic heterocycles. The number of carboxylic acids is 2. The van der Waals surface area contributed by atoms with Gasteiger partial charge in [-0.2, -0.15) is 0 Å². The van der Waals surface area contributed by atoms with Gasteiger partial charge in [-0.25, -0.2) is 0 Å². The van der Waals surface area contributed by atoms with E-state index in [1.165, 1.54) is 6.07 Å². The lowest BCUT2D eigenvalue weighted by atomic mass is 10.1. The molecule has 0 saturated heterocycles. The number of hydrogen-bond donors (Lipinski definition) is 0. The second-order valence-electron chi connectivity index (χ2n) is 4.50. The minimum Gasteiger partial charge on any atom is -0.545 e. The quantitative estimate of drug-likeness (QED) is 0.423. The summed E-state index contributed by atoms with van der Waals surface area (Å²) in [5.74, 6) is -4.46. The molecule has 2 rings (SSSR count). The summed E-state index contributed by atoms with van der Waals surface area (Å²) in [6.45, 7) is 0. The third-order valence-corrected chi connectivity index (χ3v) is 3.95. The number of hydrogen-bond acceptors (Lipinski definition) is 7. The van der Waals surface area contributed by atoms with Crippen molar-refractivity contribution in [3.63, 3.8) is 0 Å². The number of nitro groups is 1. The molecule has 0 atom stereocenters. The highest BCUT2D eigenvalue weighted by molar-refractivity contribution is 6.43. The van der Waals surface area contributed by atoms with Crippen molar-refractivity contribution in [2.24, 2.45) is 0 Å². The Hall–Kier alpha value is -2.55. The van der Waals surface area contributed by atoms with Gasteiger partial charge in [0.2, 0.25) is 0 Å². The molecule has 25 heavy (non-hydrogen) atoms. The van der Waals surface area contributed by atoms with Gasteiger partial charge in [-0.05, 0) is 12.1 Å². The number of carbonyl (C=O) groups excluding carboxylic acids is 2. The molecule has 0 amide bonds. The Kier molecular flexibility index (Phi) is 5.36. The first-order chi connectivity index (χ1) is 11.6. The maximum atomic E-state index is 11.2. The number of ether oxygens (including phenoxy) is 1. The largest absolute Gasteiger partial charge is 0.545 e. The van der Waals surface area contributed by atoms with Crippen LogP contribution in [0.3, 0.4) is 0 Å². The molecule has 0 radical (unpaired) electrons. The summed E-state index contributed by atoms with van der Waals surface area (Å²) in [5.41, 5.74) is -2.65. The van der Waals surface area contributed by atoms with E-state index in [9.17, 15) is 29.9 Å². The highest BCUT2D eigenvalue weighted by Gasteiger charge is 2.21. The predicted octanol–water partition coefficient (Wildman–Crippen LogP) is 2.07. The Balaban J connectivity index is 2.66. The lowest BCUT2D eigenvalue weighted by molar-refractivity contribution is -0.386. The van der Waals surface area contributed by atoms with Crippen LogP contribution in [0.25, 0.3) is 0 Å². The summed E-state index contributed by atoms with van der Waals surface area (Å²) in [6.07, 6.45) is 0. The Bertz CT molecular complexity index is 914. The molecule has 130 valence electrons. The van der Waals surface area contributed by atoms with E-state index in [4.69, 9.17) is 39.5 Å². The van der Waals surface area contributed by atoms with Crippen molar-refractivity contribution >= 4 is 52.4 Å². The van der Waals surface area contributed by atoms with E-state index >= 15 is 0 Å². The number of nitro benzene ring substituents is 1. The average molecular weight is 405 g/mol. The molecule has 0 fully saturated rings. The smallest absolute Gasteiger partial charge is 0.279 e. The number of halogens is 3. The number of benzene rings is 2. The van der Waals surface area contributed by atoms with Gasteiger partial charge in [0.25, 0.3) is 5.69 Å². The highest BCUT2D eigenvalue weighted by Crippen LogP contribution is 2.38. The first kappa shape index (κ1) is 18.8. The van der Waals surface area contributed by atoms with Crippen LogP contribution in [0.2, 0.25) is 15.1 Å². The van der Waals surface area contributed by atoms with Crippen molar-refractivity contribution < 1.29 is 29.5 Å². The highest BCUT2D eigenvalue weighted by atomic mass is 35.5. The predicted molar refractivity (Wildman–Crippen MR) is 83.3 cm³/mol. The van der Waals surface area contributed by atoms with Gasteiger partial charge in [0.05, 0.1) is 37.5 Å². The molecule has 0 unspecified atom stereocenters. The number of aromatic carboxylic acids is 2. The Morgan fingerprint density at radius 3 is 1.92 bits per heavy atom. The van der Waals surface area contributed by atoms with Gasteiger partial charge < -0.3 is 24.5 Å². The SMILES string of the molecule is O=C([O-])c1cc([N+](=O)[O-])c(C(=O)[O-])cc1Oc1cc(Cl)c(Cl)cc1Cl. The average Bonchev–Trinajstić information content (AvgIpc) is 2.51. The van der Waals surface area contributed by atoms with Gasteiger partial charge >= 0.3 is 0 Å². The molecule has 2 aromatic rings. The maximum absolute atomic E-state index is 11.2. The van der Waals surface area contributed by atoms with E-state index in [-0.39, 0.29) is 20.8 Å².